The summed E-state index contributed by atoms with van der Waals surface area (Å²) in [6.07, 6.45) is 5.52. The number of anilines is 1. The van der Waals surface area contributed by atoms with Gasteiger partial charge in [-0.2, -0.15) is 15.5 Å². The van der Waals surface area contributed by atoms with Gasteiger partial charge in [0.2, 0.25) is 15.8 Å². The molecule has 3 aliphatic rings. The molecule has 0 radical (unpaired) electrons. The highest BCUT2D eigenvalue weighted by atomic mass is 32.2. The fraction of sp³-hybridized carbons (Fsp3) is 0.316. The molecule has 0 spiro atoms. The Labute approximate surface area is 177 Å². The SMILES string of the molecule is [2H]C([2H])([2H])c1ccc(S(=O)(=O)NC23CC(C#N)(C2)C3)cc1-c1cnc(N)c(-n2nccn2)n1. The second-order valence-electron chi connectivity index (χ2n) is 7.80. The van der Waals surface area contributed by atoms with Gasteiger partial charge in [-0.25, -0.2) is 23.1 Å². The number of hydrogen-bond acceptors (Lipinski definition) is 8. The minimum absolute atomic E-state index is 0.0193. The van der Waals surface area contributed by atoms with Crippen molar-refractivity contribution >= 4 is 15.8 Å². The van der Waals surface area contributed by atoms with E-state index in [9.17, 15) is 13.7 Å². The zero-order valence-electron chi connectivity index (χ0n) is 18.6. The second kappa shape index (κ2) is 6.07. The lowest BCUT2D eigenvalue weighted by Crippen LogP contribution is -2.74. The van der Waals surface area contributed by atoms with Crippen molar-refractivity contribution in [1.29, 1.82) is 5.26 Å². The van der Waals surface area contributed by atoms with Crippen LogP contribution in [0.2, 0.25) is 0 Å². The van der Waals surface area contributed by atoms with Gasteiger partial charge in [0, 0.05) is 15.2 Å². The molecule has 0 amide bonds. The fourth-order valence-corrected chi connectivity index (χ4v) is 5.68. The van der Waals surface area contributed by atoms with Crippen LogP contribution in [-0.2, 0) is 10.0 Å². The minimum atomic E-state index is -3.98. The van der Waals surface area contributed by atoms with Crippen molar-refractivity contribution in [3.8, 4) is 23.1 Å². The van der Waals surface area contributed by atoms with Gasteiger partial charge in [-0.15, -0.1) is 4.80 Å². The summed E-state index contributed by atoms with van der Waals surface area (Å²) in [5.74, 6) is 0.0990. The Morgan fingerprint density at radius 1 is 1.30 bits per heavy atom. The van der Waals surface area contributed by atoms with Gasteiger partial charge in [0.15, 0.2) is 5.82 Å². The number of hydrogen-bond donors (Lipinski definition) is 2. The zero-order chi connectivity index (χ0) is 23.6. The van der Waals surface area contributed by atoms with Crippen molar-refractivity contribution in [3.63, 3.8) is 0 Å². The van der Waals surface area contributed by atoms with E-state index < -0.39 is 27.8 Å². The van der Waals surface area contributed by atoms with Gasteiger partial charge >= 0.3 is 0 Å². The first-order chi connectivity index (χ1) is 15.5. The van der Waals surface area contributed by atoms with E-state index in [1.807, 2.05) is 0 Å². The van der Waals surface area contributed by atoms with Crippen LogP contribution < -0.4 is 10.5 Å². The summed E-state index contributed by atoms with van der Waals surface area (Å²) in [5.41, 5.74) is 4.94. The lowest BCUT2D eigenvalue weighted by Gasteiger charge is -2.66. The highest BCUT2D eigenvalue weighted by molar-refractivity contribution is 7.89. The Hall–Kier alpha value is -3.36. The van der Waals surface area contributed by atoms with E-state index in [-0.39, 0.29) is 33.4 Å². The van der Waals surface area contributed by atoms with Crippen LogP contribution in [0, 0.1) is 23.6 Å². The number of nitrogens with zero attached hydrogens (tertiary/aromatic N) is 6. The Kier molecular flexibility index (Phi) is 3.13. The Balaban J connectivity index is 1.57. The van der Waals surface area contributed by atoms with Gasteiger partial charge in [0.05, 0.1) is 40.7 Å². The number of nitrogens with two attached hydrogens (primary N) is 1. The molecular formula is C19H18N8O2S. The molecule has 0 saturated heterocycles. The monoisotopic (exact) mass is 425 g/mol. The third kappa shape index (κ3) is 2.76. The average Bonchev–Trinajstić information content (AvgIpc) is 3.23. The predicted octanol–water partition coefficient (Wildman–Crippen LogP) is 1.34. The molecule has 2 aromatic heterocycles. The summed E-state index contributed by atoms with van der Waals surface area (Å²) >= 11 is 0. The first-order valence-corrected chi connectivity index (χ1v) is 10.5. The molecule has 1 aromatic carbocycles. The van der Waals surface area contributed by atoms with Crippen LogP contribution in [0.25, 0.3) is 17.1 Å². The van der Waals surface area contributed by atoms with Crippen LogP contribution in [0.1, 0.15) is 28.9 Å². The maximum Gasteiger partial charge on any atom is 0.241 e. The Morgan fingerprint density at radius 2 is 2.03 bits per heavy atom. The molecule has 3 fully saturated rings. The highest BCUT2D eigenvalue weighted by Crippen LogP contribution is 2.67. The molecule has 152 valence electrons. The number of aryl methyl sites for hydroxylation is 1. The number of aromatic nitrogens is 5. The van der Waals surface area contributed by atoms with Gasteiger partial charge in [-0.05, 0) is 43.8 Å². The van der Waals surface area contributed by atoms with E-state index in [1.165, 1.54) is 36.8 Å². The standard InChI is InChI=1S/C19H18N8O2S/c1-12-2-3-13(30(28,29)26-19-8-18(9-19,10-19)11-20)6-14(12)15-7-22-16(21)17(25-15)27-23-4-5-24-27/h2-7,26H,8-10H2,1H3,(H2,21,22)/i1D3. The number of rotatable bonds is 5. The predicted molar refractivity (Wildman–Crippen MR) is 106 cm³/mol. The number of nitrogen functional groups attached to an aromatic ring is 1. The Morgan fingerprint density at radius 3 is 2.70 bits per heavy atom. The maximum absolute atomic E-state index is 13.1. The Bertz CT molecular complexity index is 1390. The summed E-state index contributed by atoms with van der Waals surface area (Å²) in [6.45, 7) is -2.54. The topological polar surface area (TPSA) is 152 Å². The van der Waals surface area contributed by atoms with Crippen molar-refractivity contribution in [2.24, 2.45) is 5.41 Å². The van der Waals surface area contributed by atoms with Gasteiger partial charge in [0.25, 0.3) is 0 Å². The first kappa shape index (κ1) is 15.5. The number of nitrogens with one attached hydrogen (secondary N) is 1. The molecule has 2 heterocycles. The molecule has 0 unspecified atom stereocenters. The molecular weight excluding hydrogens is 404 g/mol. The van der Waals surface area contributed by atoms with Gasteiger partial charge in [-0.1, -0.05) is 6.07 Å². The van der Waals surface area contributed by atoms with E-state index in [1.54, 1.807) is 0 Å². The summed E-state index contributed by atoms with van der Waals surface area (Å²) in [7, 11) is -3.98. The maximum atomic E-state index is 13.1. The van der Waals surface area contributed by atoms with Crippen LogP contribution in [0.15, 0.2) is 41.7 Å². The second-order valence-corrected chi connectivity index (χ2v) is 9.48. The smallest absolute Gasteiger partial charge is 0.241 e. The molecule has 3 aromatic rings. The van der Waals surface area contributed by atoms with Crippen LogP contribution in [-0.4, -0.2) is 38.9 Å². The molecule has 2 bridgehead atoms. The van der Waals surface area contributed by atoms with E-state index in [0.717, 1.165) is 4.80 Å². The van der Waals surface area contributed by atoms with Gasteiger partial charge in [0.1, 0.15) is 0 Å². The molecule has 0 atom stereocenters. The minimum Gasteiger partial charge on any atom is -0.380 e. The molecule has 3 saturated carbocycles. The summed E-state index contributed by atoms with van der Waals surface area (Å²) < 4.78 is 52.6. The van der Waals surface area contributed by atoms with E-state index in [4.69, 9.17) is 9.85 Å². The lowest BCUT2D eigenvalue weighted by atomic mass is 9.40. The van der Waals surface area contributed by atoms with Crippen molar-refractivity contribution in [3.05, 3.63) is 42.4 Å². The highest BCUT2D eigenvalue weighted by Gasteiger charge is 2.69. The van der Waals surface area contributed by atoms with Gasteiger partial charge in [-0.3, -0.25) is 0 Å². The van der Waals surface area contributed by atoms with Crippen molar-refractivity contribution in [2.75, 3.05) is 5.73 Å². The number of benzene rings is 1. The lowest BCUT2D eigenvalue weighted by molar-refractivity contribution is -0.0946. The summed E-state index contributed by atoms with van der Waals surface area (Å²) in [5, 5.41) is 17.1. The van der Waals surface area contributed by atoms with Crippen molar-refractivity contribution in [1.82, 2.24) is 29.7 Å². The first-order valence-electron chi connectivity index (χ1n) is 10.6. The van der Waals surface area contributed by atoms with Crippen LogP contribution in [0.3, 0.4) is 0 Å². The quantitative estimate of drug-likeness (QED) is 0.621. The van der Waals surface area contributed by atoms with Crippen molar-refractivity contribution < 1.29 is 12.5 Å². The molecule has 30 heavy (non-hydrogen) atoms. The van der Waals surface area contributed by atoms with Crippen LogP contribution >= 0.6 is 0 Å². The van der Waals surface area contributed by atoms with E-state index in [2.05, 4.69) is 31.0 Å². The largest absolute Gasteiger partial charge is 0.380 e. The molecule has 0 aliphatic heterocycles. The van der Waals surface area contributed by atoms with Crippen molar-refractivity contribution in [2.45, 2.75) is 36.5 Å². The zero-order valence-corrected chi connectivity index (χ0v) is 16.4. The van der Waals surface area contributed by atoms with Gasteiger partial charge < -0.3 is 5.73 Å². The number of nitriles is 1. The normalized spacial score (nSPS) is 26.4. The molecule has 3 N–H and O–H groups in total. The molecule has 3 aliphatic carbocycles. The molecule has 10 nitrogen and oxygen atoms in total. The van der Waals surface area contributed by atoms with Crippen LogP contribution in [0.5, 0.6) is 0 Å². The number of sulfonamides is 1. The van der Waals surface area contributed by atoms with E-state index in [0.29, 0.717) is 19.3 Å². The molecule has 11 heteroatoms. The molecule has 6 rings (SSSR count). The third-order valence-corrected chi connectivity index (χ3v) is 7.16. The average molecular weight is 425 g/mol. The summed E-state index contributed by atoms with van der Waals surface area (Å²) in [4.78, 5) is 9.45. The van der Waals surface area contributed by atoms with E-state index >= 15 is 0 Å². The third-order valence-electron chi connectivity index (χ3n) is 5.59. The fourth-order valence-electron chi connectivity index (χ4n) is 4.25. The van der Waals surface area contributed by atoms with Crippen LogP contribution in [0.4, 0.5) is 5.82 Å². The summed E-state index contributed by atoms with van der Waals surface area (Å²) in [6, 6.07) is 5.99.